The van der Waals surface area contributed by atoms with E-state index >= 15 is 0 Å². The van der Waals surface area contributed by atoms with Crippen LogP contribution in [0.25, 0.3) is 10.8 Å². The molecule has 2 aromatic rings. The van der Waals surface area contributed by atoms with Crippen molar-refractivity contribution in [2.45, 2.75) is 25.7 Å². The zero-order chi connectivity index (χ0) is 16.5. The molecule has 1 amide bonds. The summed E-state index contributed by atoms with van der Waals surface area (Å²) in [5, 5.41) is 2.57. The van der Waals surface area contributed by atoms with Crippen molar-refractivity contribution in [2.24, 2.45) is 11.8 Å². The predicted molar refractivity (Wildman–Crippen MR) is 96.0 cm³/mol. The molecule has 2 fully saturated rings. The quantitative estimate of drug-likeness (QED) is 0.837. The summed E-state index contributed by atoms with van der Waals surface area (Å²) in [4.78, 5) is 15.0. The van der Waals surface area contributed by atoms with Gasteiger partial charge in [0.05, 0.1) is 6.61 Å². The number of carbonyl (C=O) groups is 1. The van der Waals surface area contributed by atoms with Crippen molar-refractivity contribution < 1.29 is 9.53 Å². The van der Waals surface area contributed by atoms with Crippen LogP contribution >= 0.6 is 0 Å². The molecule has 1 aliphatic carbocycles. The number of hydrogen-bond donors (Lipinski definition) is 0. The Hall–Kier alpha value is -1.87. The molecule has 3 nitrogen and oxygen atoms in total. The van der Waals surface area contributed by atoms with Crippen LogP contribution < -0.4 is 0 Å². The maximum absolute atomic E-state index is 12.9. The van der Waals surface area contributed by atoms with Gasteiger partial charge in [-0.3, -0.25) is 4.79 Å². The van der Waals surface area contributed by atoms with Gasteiger partial charge < -0.3 is 9.64 Å². The Labute approximate surface area is 143 Å². The molecule has 2 aromatic carbocycles. The maximum atomic E-state index is 12.9. The van der Waals surface area contributed by atoms with Crippen molar-refractivity contribution in [1.29, 1.82) is 0 Å². The lowest BCUT2D eigenvalue weighted by Crippen LogP contribution is -2.36. The molecule has 0 spiro atoms. The molecular formula is C21H25NO2. The number of ether oxygens (including phenoxy) is 1. The molecule has 1 heterocycles. The Morgan fingerprint density at radius 1 is 1.21 bits per heavy atom. The molecule has 1 saturated heterocycles. The first-order chi connectivity index (χ1) is 11.8. The lowest BCUT2D eigenvalue weighted by Gasteiger charge is -2.24. The summed E-state index contributed by atoms with van der Waals surface area (Å²) in [5.41, 5.74) is 1.34. The minimum Gasteiger partial charge on any atom is -0.381 e. The Bertz CT molecular complexity index is 730. The van der Waals surface area contributed by atoms with Gasteiger partial charge in [0.1, 0.15) is 0 Å². The second kappa shape index (κ2) is 6.56. The third-order valence-electron chi connectivity index (χ3n) is 5.53. The number of fused-ring (bicyclic) bond motifs is 1. The largest absolute Gasteiger partial charge is 0.381 e. The molecule has 0 aromatic heterocycles. The van der Waals surface area contributed by atoms with Gasteiger partial charge in [-0.2, -0.15) is 0 Å². The molecule has 0 unspecified atom stereocenters. The van der Waals surface area contributed by atoms with Gasteiger partial charge >= 0.3 is 0 Å². The van der Waals surface area contributed by atoms with E-state index in [2.05, 4.69) is 54.3 Å². The number of nitrogens with zero attached hydrogens (tertiary/aromatic N) is 1. The fourth-order valence-electron chi connectivity index (χ4n) is 4.03. The second-order valence-corrected chi connectivity index (χ2v) is 7.12. The molecule has 2 aliphatic rings. The molecule has 4 rings (SSSR count). The maximum Gasteiger partial charge on any atom is 0.226 e. The Morgan fingerprint density at radius 2 is 2.04 bits per heavy atom. The normalized spacial score (nSPS) is 25.8. The van der Waals surface area contributed by atoms with Crippen molar-refractivity contribution >= 4 is 16.7 Å². The van der Waals surface area contributed by atoms with Crippen LogP contribution in [0, 0.1) is 11.8 Å². The van der Waals surface area contributed by atoms with Crippen LogP contribution in [-0.4, -0.2) is 37.1 Å². The minimum absolute atomic E-state index is 0.165. The van der Waals surface area contributed by atoms with Crippen LogP contribution in [-0.2, 0) is 9.53 Å². The summed E-state index contributed by atoms with van der Waals surface area (Å²) in [5.74, 6) is 1.40. The fraction of sp³-hybridized carbons (Fsp3) is 0.476. The highest BCUT2D eigenvalue weighted by molar-refractivity contribution is 5.89. The average Bonchev–Trinajstić information content (AvgIpc) is 3.25. The highest BCUT2D eigenvalue weighted by atomic mass is 16.5. The molecule has 3 atom stereocenters. The lowest BCUT2D eigenvalue weighted by atomic mass is 10.00. The van der Waals surface area contributed by atoms with E-state index < -0.39 is 0 Å². The molecule has 0 radical (unpaired) electrons. The zero-order valence-corrected chi connectivity index (χ0v) is 14.3. The van der Waals surface area contributed by atoms with Crippen LogP contribution in [0.2, 0.25) is 0 Å². The van der Waals surface area contributed by atoms with Gasteiger partial charge in [-0.15, -0.1) is 0 Å². The van der Waals surface area contributed by atoms with E-state index in [1.165, 1.54) is 16.3 Å². The Balaban J connectivity index is 1.49. The molecule has 126 valence electrons. The topological polar surface area (TPSA) is 29.5 Å². The van der Waals surface area contributed by atoms with Crippen LogP contribution in [0.3, 0.4) is 0 Å². The average molecular weight is 323 g/mol. The third kappa shape index (κ3) is 2.93. The van der Waals surface area contributed by atoms with E-state index in [-0.39, 0.29) is 5.92 Å². The third-order valence-corrected chi connectivity index (χ3v) is 5.53. The van der Waals surface area contributed by atoms with E-state index in [1.54, 1.807) is 0 Å². The molecule has 0 bridgehead atoms. The van der Waals surface area contributed by atoms with E-state index in [1.807, 2.05) is 0 Å². The van der Waals surface area contributed by atoms with Gasteiger partial charge in [0.15, 0.2) is 0 Å². The van der Waals surface area contributed by atoms with E-state index in [9.17, 15) is 4.79 Å². The second-order valence-electron chi connectivity index (χ2n) is 7.12. The first-order valence-corrected chi connectivity index (χ1v) is 9.12. The molecule has 3 heteroatoms. The summed E-state index contributed by atoms with van der Waals surface area (Å²) in [6, 6.07) is 14.9. The van der Waals surface area contributed by atoms with Gasteiger partial charge in [-0.05, 0) is 42.0 Å². The van der Waals surface area contributed by atoms with E-state index in [0.29, 0.717) is 17.7 Å². The van der Waals surface area contributed by atoms with Crippen molar-refractivity contribution in [3.05, 3.63) is 48.0 Å². The lowest BCUT2D eigenvalue weighted by molar-refractivity contribution is -0.133. The summed E-state index contributed by atoms with van der Waals surface area (Å²) in [6.45, 7) is 5.39. The zero-order valence-electron chi connectivity index (χ0n) is 14.3. The first-order valence-electron chi connectivity index (χ1n) is 9.12. The van der Waals surface area contributed by atoms with Gasteiger partial charge in [-0.1, -0.05) is 42.5 Å². The number of amides is 1. The smallest absolute Gasteiger partial charge is 0.226 e. The fourth-order valence-corrected chi connectivity index (χ4v) is 4.03. The summed E-state index contributed by atoms with van der Waals surface area (Å²) < 4.78 is 5.46. The number of hydrogen-bond acceptors (Lipinski definition) is 2. The highest BCUT2D eigenvalue weighted by Gasteiger charge is 2.46. The monoisotopic (exact) mass is 323 g/mol. The summed E-state index contributed by atoms with van der Waals surface area (Å²) >= 11 is 0. The van der Waals surface area contributed by atoms with Crippen molar-refractivity contribution in [3.63, 3.8) is 0 Å². The van der Waals surface area contributed by atoms with Gasteiger partial charge in [0.25, 0.3) is 0 Å². The predicted octanol–water partition coefficient (Wildman–Crippen LogP) is 3.83. The standard InChI is InChI=1S/C21H25NO2/c1-2-22(13-15-10-11-24-14-15)21(23)20-12-19(20)18-9-5-7-16-6-3-4-8-17(16)18/h3-9,15,19-20H,2,10-14H2,1H3/t15-,19-,20-/m0/s1. The van der Waals surface area contributed by atoms with E-state index in [0.717, 1.165) is 39.1 Å². The summed E-state index contributed by atoms with van der Waals surface area (Å²) in [7, 11) is 0. The molecular weight excluding hydrogens is 298 g/mol. The van der Waals surface area contributed by atoms with Crippen molar-refractivity contribution in [2.75, 3.05) is 26.3 Å². The van der Waals surface area contributed by atoms with Gasteiger partial charge in [0.2, 0.25) is 5.91 Å². The summed E-state index contributed by atoms with van der Waals surface area (Å²) in [6.07, 6.45) is 2.08. The number of rotatable bonds is 5. The molecule has 0 N–H and O–H groups in total. The molecule has 1 saturated carbocycles. The molecule has 24 heavy (non-hydrogen) atoms. The number of carbonyl (C=O) groups excluding carboxylic acids is 1. The SMILES string of the molecule is CCN(C[C@@H]1CCOC1)C(=O)[C@H]1C[C@H]1c1cccc2ccccc12. The highest BCUT2D eigenvalue weighted by Crippen LogP contribution is 2.50. The number of benzene rings is 2. The van der Waals surface area contributed by atoms with Crippen LogP contribution in [0.4, 0.5) is 0 Å². The van der Waals surface area contributed by atoms with Gasteiger partial charge in [-0.25, -0.2) is 0 Å². The van der Waals surface area contributed by atoms with Crippen LogP contribution in [0.1, 0.15) is 31.2 Å². The minimum atomic E-state index is 0.165. The van der Waals surface area contributed by atoms with Crippen LogP contribution in [0.15, 0.2) is 42.5 Å². The van der Waals surface area contributed by atoms with Gasteiger partial charge in [0, 0.05) is 31.5 Å². The Morgan fingerprint density at radius 3 is 2.83 bits per heavy atom. The van der Waals surface area contributed by atoms with Crippen LogP contribution in [0.5, 0.6) is 0 Å². The van der Waals surface area contributed by atoms with E-state index in [4.69, 9.17) is 4.74 Å². The first kappa shape index (κ1) is 15.6. The Kier molecular flexibility index (Phi) is 4.28. The van der Waals surface area contributed by atoms with Crippen molar-refractivity contribution in [1.82, 2.24) is 4.90 Å². The molecule has 1 aliphatic heterocycles. The van der Waals surface area contributed by atoms with Crippen molar-refractivity contribution in [3.8, 4) is 0 Å².